The minimum atomic E-state index is -0.0251. The van der Waals surface area contributed by atoms with E-state index in [0.29, 0.717) is 6.54 Å². The molecule has 0 fully saturated rings. The van der Waals surface area contributed by atoms with Gasteiger partial charge in [0.2, 0.25) is 5.91 Å². The first-order chi connectivity index (χ1) is 8.47. The minimum Gasteiger partial charge on any atom is -0.325 e. The normalized spacial score (nSPS) is 12.5. The lowest BCUT2D eigenvalue weighted by atomic mass is 10.3. The van der Waals surface area contributed by atoms with E-state index in [0.717, 1.165) is 16.7 Å². The second kappa shape index (κ2) is 7.51. The zero-order chi connectivity index (χ0) is 13.5. The van der Waals surface area contributed by atoms with Gasteiger partial charge in [-0.25, -0.2) is 0 Å². The highest BCUT2D eigenvalue weighted by atomic mass is 79.9. The molecule has 0 saturated heterocycles. The summed E-state index contributed by atoms with van der Waals surface area (Å²) >= 11 is 3.35. The Hall–Kier alpha value is -0.910. The minimum absolute atomic E-state index is 0.0251. The number of carbonyl (C=O) groups is 1. The van der Waals surface area contributed by atoms with Gasteiger partial charge < -0.3 is 15.5 Å². The zero-order valence-corrected chi connectivity index (χ0v) is 12.6. The SMILES string of the molecule is CC(CN(C)C)NCC(=O)Nc1ccc(Br)cc1. The zero-order valence-electron chi connectivity index (χ0n) is 11.0. The summed E-state index contributed by atoms with van der Waals surface area (Å²) in [5, 5.41) is 6.02. The number of nitrogens with one attached hydrogen (secondary N) is 2. The van der Waals surface area contributed by atoms with E-state index in [2.05, 4.69) is 38.4 Å². The van der Waals surface area contributed by atoms with Crippen molar-refractivity contribution >= 4 is 27.5 Å². The van der Waals surface area contributed by atoms with Crippen LogP contribution in [0.4, 0.5) is 5.69 Å². The van der Waals surface area contributed by atoms with Crippen molar-refractivity contribution in [1.29, 1.82) is 0 Å². The van der Waals surface area contributed by atoms with Crippen molar-refractivity contribution in [1.82, 2.24) is 10.2 Å². The Balaban J connectivity index is 2.31. The van der Waals surface area contributed by atoms with Crippen LogP contribution in [0.3, 0.4) is 0 Å². The molecule has 1 rings (SSSR count). The molecule has 0 spiro atoms. The quantitative estimate of drug-likeness (QED) is 0.843. The molecule has 0 aliphatic rings. The van der Waals surface area contributed by atoms with E-state index < -0.39 is 0 Å². The molecule has 1 amide bonds. The number of hydrogen-bond acceptors (Lipinski definition) is 3. The predicted octanol–water partition coefficient (Wildman–Crippen LogP) is 1.93. The number of benzene rings is 1. The lowest BCUT2D eigenvalue weighted by Gasteiger charge is -2.18. The Kier molecular flexibility index (Phi) is 6.32. The molecule has 1 aromatic rings. The molecule has 0 aromatic heterocycles. The fourth-order valence-corrected chi connectivity index (χ4v) is 1.88. The van der Waals surface area contributed by atoms with Crippen molar-refractivity contribution < 1.29 is 4.79 Å². The number of halogens is 1. The predicted molar refractivity (Wildman–Crippen MR) is 78.8 cm³/mol. The van der Waals surface area contributed by atoms with Crippen LogP contribution in [-0.4, -0.2) is 44.0 Å². The number of nitrogens with zero attached hydrogens (tertiary/aromatic N) is 1. The number of anilines is 1. The van der Waals surface area contributed by atoms with Crippen LogP contribution < -0.4 is 10.6 Å². The lowest BCUT2D eigenvalue weighted by molar-refractivity contribution is -0.115. The second-order valence-corrected chi connectivity index (χ2v) is 5.51. The molecule has 5 heteroatoms. The number of hydrogen-bond donors (Lipinski definition) is 2. The topological polar surface area (TPSA) is 44.4 Å². The van der Waals surface area contributed by atoms with Gasteiger partial charge in [0, 0.05) is 22.7 Å². The molecule has 1 aromatic carbocycles. The molecular weight excluding hydrogens is 294 g/mol. The standard InChI is InChI=1S/C13H20BrN3O/c1-10(9-17(2)3)15-8-13(18)16-12-6-4-11(14)5-7-12/h4-7,10,15H,8-9H2,1-3H3,(H,16,18). The number of carbonyl (C=O) groups excluding carboxylic acids is 1. The first-order valence-electron chi connectivity index (χ1n) is 5.91. The molecule has 18 heavy (non-hydrogen) atoms. The van der Waals surface area contributed by atoms with E-state index in [1.54, 1.807) is 0 Å². The summed E-state index contributed by atoms with van der Waals surface area (Å²) in [6.07, 6.45) is 0. The Morgan fingerprint density at radius 1 is 1.33 bits per heavy atom. The largest absolute Gasteiger partial charge is 0.325 e. The number of likely N-dealkylation sites (N-methyl/N-ethyl adjacent to an activating group) is 1. The van der Waals surface area contributed by atoms with Crippen molar-refractivity contribution in [2.45, 2.75) is 13.0 Å². The van der Waals surface area contributed by atoms with Gasteiger partial charge in [0.05, 0.1) is 6.54 Å². The van der Waals surface area contributed by atoms with Crippen LogP contribution in [0.1, 0.15) is 6.92 Å². The van der Waals surface area contributed by atoms with Crippen LogP contribution >= 0.6 is 15.9 Å². The third-order valence-corrected chi connectivity index (χ3v) is 2.91. The molecule has 0 aliphatic heterocycles. The second-order valence-electron chi connectivity index (χ2n) is 4.60. The van der Waals surface area contributed by atoms with Crippen LogP contribution in [0, 0.1) is 0 Å². The van der Waals surface area contributed by atoms with Crippen molar-refractivity contribution in [2.75, 3.05) is 32.5 Å². The van der Waals surface area contributed by atoms with E-state index in [4.69, 9.17) is 0 Å². The number of amides is 1. The maximum atomic E-state index is 11.7. The molecule has 0 saturated carbocycles. The van der Waals surface area contributed by atoms with Gasteiger partial charge in [0.15, 0.2) is 0 Å². The van der Waals surface area contributed by atoms with Crippen molar-refractivity contribution in [2.24, 2.45) is 0 Å². The molecule has 4 nitrogen and oxygen atoms in total. The fourth-order valence-electron chi connectivity index (χ4n) is 1.62. The molecule has 1 atom stereocenters. The fraction of sp³-hybridized carbons (Fsp3) is 0.462. The van der Waals surface area contributed by atoms with Gasteiger partial charge in [-0.15, -0.1) is 0 Å². The summed E-state index contributed by atoms with van der Waals surface area (Å²) in [6, 6.07) is 7.82. The third kappa shape index (κ3) is 6.14. The van der Waals surface area contributed by atoms with Gasteiger partial charge in [-0.1, -0.05) is 15.9 Å². The van der Waals surface area contributed by atoms with E-state index in [9.17, 15) is 4.79 Å². The molecule has 2 N–H and O–H groups in total. The Labute approximate surface area is 117 Å². The Morgan fingerprint density at radius 3 is 2.50 bits per heavy atom. The van der Waals surface area contributed by atoms with Gasteiger partial charge >= 0.3 is 0 Å². The summed E-state index contributed by atoms with van der Waals surface area (Å²) < 4.78 is 0.998. The number of rotatable bonds is 6. The monoisotopic (exact) mass is 313 g/mol. The lowest BCUT2D eigenvalue weighted by Crippen LogP contribution is -2.40. The van der Waals surface area contributed by atoms with Gasteiger partial charge in [0.25, 0.3) is 0 Å². The molecule has 1 unspecified atom stereocenters. The molecular formula is C13H20BrN3O. The van der Waals surface area contributed by atoms with Gasteiger partial charge in [0.1, 0.15) is 0 Å². The summed E-state index contributed by atoms with van der Waals surface area (Å²) in [5.74, 6) is -0.0251. The summed E-state index contributed by atoms with van der Waals surface area (Å²) in [7, 11) is 4.03. The molecule has 0 aliphatic carbocycles. The van der Waals surface area contributed by atoms with Crippen LogP contribution in [-0.2, 0) is 4.79 Å². The van der Waals surface area contributed by atoms with E-state index >= 15 is 0 Å². The summed E-state index contributed by atoms with van der Waals surface area (Å²) in [5.41, 5.74) is 0.810. The highest BCUT2D eigenvalue weighted by Gasteiger charge is 2.06. The van der Waals surface area contributed by atoms with Gasteiger partial charge in [-0.2, -0.15) is 0 Å². The molecule has 0 radical (unpaired) electrons. The van der Waals surface area contributed by atoms with Crippen LogP contribution in [0.15, 0.2) is 28.7 Å². The Bertz CT molecular complexity index is 378. The van der Waals surface area contributed by atoms with Crippen molar-refractivity contribution in [3.8, 4) is 0 Å². The van der Waals surface area contributed by atoms with E-state index in [1.165, 1.54) is 0 Å². The van der Waals surface area contributed by atoms with E-state index in [1.807, 2.05) is 38.4 Å². The van der Waals surface area contributed by atoms with Crippen LogP contribution in [0.25, 0.3) is 0 Å². The van der Waals surface area contributed by atoms with E-state index in [-0.39, 0.29) is 11.9 Å². The average molecular weight is 314 g/mol. The first-order valence-corrected chi connectivity index (χ1v) is 6.70. The molecule has 0 heterocycles. The van der Waals surface area contributed by atoms with Crippen LogP contribution in [0.5, 0.6) is 0 Å². The maximum absolute atomic E-state index is 11.7. The van der Waals surface area contributed by atoms with Gasteiger partial charge in [-0.05, 0) is 45.3 Å². The maximum Gasteiger partial charge on any atom is 0.238 e. The highest BCUT2D eigenvalue weighted by molar-refractivity contribution is 9.10. The van der Waals surface area contributed by atoms with Crippen LogP contribution in [0.2, 0.25) is 0 Å². The summed E-state index contributed by atoms with van der Waals surface area (Å²) in [4.78, 5) is 13.8. The highest BCUT2D eigenvalue weighted by Crippen LogP contribution is 2.13. The first kappa shape index (κ1) is 15.1. The average Bonchev–Trinajstić information content (AvgIpc) is 2.29. The van der Waals surface area contributed by atoms with Gasteiger partial charge in [-0.3, -0.25) is 4.79 Å². The van der Waals surface area contributed by atoms with Crippen molar-refractivity contribution in [3.05, 3.63) is 28.7 Å². The molecule has 0 bridgehead atoms. The summed E-state index contributed by atoms with van der Waals surface area (Å²) in [6.45, 7) is 3.30. The van der Waals surface area contributed by atoms with Crippen molar-refractivity contribution in [3.63, 3.8) is 0 Å². The molecule has 100 valence electrons. The third-order valence-electron chi connectivity index (χ3n) is 2.38. The smallest absolute Gasteiger partial charge is 0.238 e. The Morgan fingerprint density at radius 2 is 1.94 bits per heavy atom.